The summed E-state index contributed by atoms with van der Waals surface area (Å²) in [4.78, 5) is 12.3. The van der Waals surface area contributed by atoms with Gasteiger partial charge < -0.3 is 0 Å². The Hall–Kier alpha value is -0.633. The average molecular weight is 262 g/mol. The SMILES string of the molecule is CCCCC1=C2C(=CC(=O)C2[Si](C)(C)C)CCC1. The van der Waals surface area contributed by atoms with E-state index in [0.29, 0.717) is 5.78 Å². The third kappa shape index (κ3) is 2.54. The largest absolute Gasteiger partial charge is 0.294 e. The third-order valence-electron chi connectivity index (χ3n) is 4.24. The van der Waals surface area contributed by atoms with Gasteiger partial charge in [0, 0.05) is 5.54 Å². The fraction of sp³-hybridized carbons (Fsp3) is 0.688. The molecule has 1 nitrogen and oxygen atoms in total. The third-order valence-corrected chi connectivity index (χ3v) is 6.54. The topological polar surface area (TPSA) is 17.1 Å². The van der Waals surface area contributed by atoms with Crippen molar-refractivity contribution in [3.8, 4) is 0 Å². The van der Waals surface area contributed by atoms with Gasteiger partial charge in [0.1, 0.15) is 0 Å². The van der Waals surface area contributed by atoms with Gasteiger partial charge in [-0.15, -0.1) is 0 Å². The molecule has 0 heterocycles. The fourth-order valence-corrected chi connectivity index (χ4v) is 5.63. The van der Waals surface area contributed by atoms with Crippen molar-refractivity contribution in [1.29, 1.82) is 0 Å². The highest BCUT2D eigenvalue weighted by atomic mass is 28.3. The van der Waals surface area contributed by atoms with Gasteiger partial charge in [0.05, 0.1) is 8.07 Å². The number of unbranched alkanes of at least 4 members (excludes halogenated alkanes) is 1. The van der Waals surface area contributed by atoms with Gasteiger partial charge in [-0.25, -0.2) is 0 Å². The van der Waals surface area contributed by atoms with Crippen LogP contribution in [0, 0.1) is 0 Å². The molecule has 0 N–H and O–H groups in total. The van der Waals surface area contributed by atoms with Gasteiger partial charge in [-0.3, -0.25) is 4.79 Å². The van der Waals surface area contributed by atoms with Crippen molar-refractivity contribution >= 4 is 13.9 Å². The van der Waals surface area contributed by atoms with Crippen molar-refractivity contribution in [2.75, 3.05) is 0 Å². The van der Waals surface area contributed by atoms with Crippen LogP contribution in [-0.2, 0) is 4.79 Å². The van der Waals surface area contributed by atoms with Crippen LogP contribution in [0.1, 0.15) is 45.4 Å². The summed E-state index contributed by atoms with van der Waals surface area (Å²) in [7, 11) is -1.44. The van der Waals surface area contributed by atoms with Crippen LogP contribution in [0.25, 0.3) is 0 Å². The quantitative estimate of drug-likeness (QED) is 0.660. The lowest BCUT2D eigenvalue weighted by Gasteiger charge is -2.30. The summed E-state index contributed by atoms with van der Waals surface area (Å²) in [6.45, 7) is 9.27. The molecule has 0 aliphatic heterocycles. The van der Waals surface area contributed by atoms with Crippen LogP contribution < -0.4 is 0 Å². The molecule has 0 saturated heterocycles. The molecule has 18 heavy (non-hydrogen) atoms. The van der Waals surface area contributed by atoms with Crippen LogP contribution in [0.4, 0.5) is 0 Å². The summed E-state index contributed by atoms with van der Waals surface area (Å²) in [6, 6.07) is 0. The Morgan fingerprint density at radius 1 is 1.28 bits per heavy atom. The van der Waals surface area contributed by atoms with Crippen molar-refractivity contribution in [3.05, 3.63) is 22.8 Å². The van der Waals surface area contributed by atoms with E-state index in [4.69, 9.17) is 0 Å². The van der Waals surface area contributed by atoms with E-state index >= 15 is 0 Å². The number of ketones is 1. The summed E-state index contributed by atoms with van der Waals surface area (Å²) >= 11 is 0. The van der Waals surface area contributed by atoms with Crippen molar-refractivity contribution < 1.29 is 4.79 Å². The zero-order valence-electron chi connectivity index (χ0n) is 12.3. The molecule has 0 aromatic heterocycles. The van der Waals surface area contributed by atoms with Gasteiger partial charge in [0.15, 0.2) is 5.78 Å². The molecule has 0 radical (unpaired) electrons. The van der Waals surface area contributed by atoms with E-state index in [1.807, 2.05) is 6.08 Å². The van der Waals surface area contributed by atoms with E-state index in [1.165, 1.54) is 43.3 Å². The maximum atomic E-state index is 12.3. The second-order valence-corrected chi connectivity index (χ2v) is 12.2. The first-order valence-corrected chi connectivity index (χ1v) is 11.0. The van der Waals surface area contributed by atoms with Gasteiger partial charge in [0.2, 0.25) is 0 Å². The molecule has 2 rings (SSSR count). The maximum Gasteiger partial charge on any atom is 0.160 e. The van der Waals surface area contributed by atoms with E-state index < -0.39 is 8.07 Å². The molecule has 1 atom stereocenters. The summed E-state index contributed by atoms with van der Waals surface area (Å²) in [5, 5.41) is 0. The highest BCUT2D eigenvalue weighted by molar-refractivity contribution is 6.82. The smallest absolute Gasteiger partial charge is 0.160 e. The summed E-state index contributed by atoms with van der Waals surface area (Å²) in [5.41, 5.74) is 4.77. The van der Waals surface area contributed by atoms with E-state index in [0.717, 1.165) is 6.42 Å². The Morgan fingerprint density at radius 3 is 2.61 bits per heavy atom. The van der Waals surface area contributed by atoms with Crippen molar-refractivity contribution in [2.24, 2.45) is 0 Å². The fourth-order valence-electron chi connectivity index (χ4n) is 3.44. The Balaban J connectivity index is 2.38. The first-order valence-electron chi connectivity index (χ1n) is 7.42. The Labute approximate surface area is 112 Å². The zero-order valence-corrected chi connectivity index (χ0v) is 13.3. The van der Waals surface area contributed by atoms with Crippen LogP contribution >= 0.6 is 0 Å². The number of carbonyl (C=O) groups is 1. The van der Waals surface area contributed by atoms with Crippen LogP contribution in [0.3, 0.4) is 0 Å². The molecule has 2 aliphatic rings. The van der Waals surface area contributed by atoms with E-state index in [1.54, 1.807) is 5.57 Å². The number of carbonyl (C=O) groups excluding carboxylic acids is 1. The Kier molecular flexibility index (Phi) is 3.95. The van der Waals surface area contributed by atoms with Crippen LogP contribution in [0.15, 0.2) is 22.8 Å². The molecule has 0 aromatic carbocycles. The van der Waals surface area contributed by atoms with E-state index in [9.17, 15) is 4.79 Å². The molecular formula is C16H26OSi. The lowest BCUT2D eigenvalue weighted by atomic mass is 9.86. The molecule has 0 fully saturated rings. The standard InChI is InChI=1S/C16H26OSi/c1-5-6-8-12-9-7-10-13-11-14(17)16(15(12)13)18(2,3)4/h11,16H,5-10H2,1-4H3. The molecule has 0 saturated carbocycles. The van der Waals surface area contributed by atoms with Crippen molar-refractivity contribution in [2.45, 2.75) is 70.6 Å². The van der Waals surface area contributed by atoms with E-state index in [-0.39, 0.29) is 5.54 Å². The highest BCUT2D eigenvalue weighted by Crippen LogP contribution is 2.48. The number of fused-ring (bicyclic) bond motifs is 1. The molecule has 0 amide bonds. The van der Waals surface area contributed by atoms with Crippen molar-refractivity contribution in [3.63, 3.8) is 0 Å². The molecule has 1 unspecified atom stereocenters. The number of hydrogen-bond donors (Lipinski definition) is 0. The van der Waals surface area contributed by atoms with Gasteiger partial charge in [-0.05, 0) is 49.3 Å². The van der Waals surface area contributed by atoms with Crippen LogP contribution in [0.5, 0.6) is 0 Å². The number of hydrogen-bond acceptors (Lipinski definition) is 1. The van der Waals surface area contributed by atoms with Gasteiger partial charge in [-0.1, -0.05) is 38.6 Å². The predicted molar refractivity (Wildman–Crippen MR) is 80.6 cm³/mol. The molecule has 100 valence electrons. The summed E-state index contributed by atoms with van der Waals surface area (Å²) in [5.74, 6) is 0.412. The molecule has 0 spiro atoms. The van der Waals surface area contributed by atoms with Gasteiger partial charge in [0.25, 0.3) is 0 Å². The first-order chi connectivity index (χ1) is 8.45. The Bertz CT molecular complexity index is 409. The van der Waals surface area contributed by atoms with Gasteiger partial charge >= 0.3 is 0 Å². The highest BCUT2D eigenvalue weighted by Gasteiger charge is 2.42. The zero-order chi connectivity index (χ0) is 13.3. The number of allylic oxidation sites excluding steroid dienone is 4. The summed E-state index contributed by atoms with van der Waals surface area (Å²) in [6.07, 6.45) is 9.35. The summed E-state index contributed by atoms with van der Waals surface area (Å²) < 4.78 is 0. The molecule has 0 aromatic rings. The lowest BCUT2D eigenvalue weighted by Crippen LogP contribution is -2.33. The Morgan fingerprint density at radius 2 is 2.00 bits per heavy atom. The molecule has 2 aliphatic carbocycles. The monoisotopic (exact) mass is 262 g/mol. The average Bonchev–Trinajstić information content (AvgIpc) is 2.62. The second kappa shape index (κ2) is 5.16. The predicted octanol–water partition coefficient (Wildman–Crippen LogP) is 4.87. The first kappa shape index (κ1) is 13.8. The lowest BCUT2D eigenvalue weighted by molar-refractivity contribution is -0.113. The van der Waals surface area contributed by atoms with Crippen LogP contribution in [-0.4, -0.2) is 13.9 Å². The molecule has 2 heteroatoms. The van der Waals surface area contributed by atoms with E-state index in [2.05, 4.69) is 26.6 Å². The van der Waals surface area contributed by atoms with Gasteiger partial charge in [-0.2, -0.15) is 0 Å². The normalized spacial score (nSPS) is 24.3. The second-order valence-electron chi connectivity index (χ2n) is 6.85. The minimum Gasteiger partial charge on any atom is -0.294 e. The van der Waals surface area contributed by atoms with Crippen LogP contribution in [0.2, 0.25) is 25.2 Å². The minimum absolute atomic E-state index is 0.264. The maximum absolute atomic E-state index is 12.3. The molecular weight excluding hydrogens is 236 g/mol. The molecule has 0 bridgehead atoms. The van der Waals surface area contributed by atoms with Crippen molar-refractivity contribution in [1.82, 2.24) is 0 Å². The number of rotatable bonds is 4. The minimum atomic E-state index is -1.44.